The van der Waals surface area contributed by atoms with Gasteiger partial charge in [-0.1, -0.05) is 0 Å². The normalized spacial score (nSPS) is 17.3. The van der Waals surface area contributed by atoms with Crippen LogP contribution in [0.1, 0.15) is 0 Å². The molecule has 1 fully saturated rings. The van der Waals surface area contributed by atoms with E-state index in [4.69, 9.17) is 10.5 Å². The monoisotopic (exact) mass is 292 g/mol. The third-order valence-electron chi connectivity index (χ3n) is 2.86. The zero-order valence-corrected chi connectivity index (χ0v) is 10.9. The van der Waals surface area contributed by atoms with Gasteiger partial charge >= 0.3 is 12.2 Å². The summed E-state index contributed by atoms with van der Waals surface area (Å²) in [6, 6.07) is 0.0882. The Labute approximate surface area is 113 Å². The summed E-state index contributed by atoms with van der Waals surface area (Å²) >= 11 is 0. The molecule has 0 amide bonds. The number of halogens is 3. The number of hydrogen-bond acceptors (Lipinski definition) is 7. The molecule has 0 radical (unpaired) electrons. The van der Waals surface area contributed by atoms with Crippen LogP contribution in [0.3, 0.4) is 0 Å². The van der Waals surface area contributed by atoms with Gasteiger partial charge in [0.1, 0.15) is 0 Å². The SMILES string of the molecule is COc1nc(N)nc(N2CCN(CC(F)(F)F)CC2)n1. The van der Waals surface area contributed by atoms with Gasteiger partial charge in [0.2, 0.25) is 11.9 Å². The van der Waals surface area contributed by atoms with Gasteiger partial charge in [0.15, 0.2) is 0 Å². The van der Waals surface area contributed by atoms with Crippen LogP contribution in [0.5, 0.6) is 6.01 Å². The van der Waals surface area contributed by atoms with E-state index >= 15 is 0 Å². The number of nitrogens with zero attached hydrogens (tertiary/aromatic N) is 5. The van der Waals surface area contributed by atoms with E-state index in [2.05, 4.69) is 15.0 Å². The zero-order chi connectivity index (χ0) is 14.8. The van der Waals surface area contributed by atoms with Gasteiger partial charge in [-0.2, -0.15) is 28.1 Å². The number of piperazine rings is 1. The van der Waals surface area contributed by atoms with Gasteiger partial charge in [0.25, 0.3) is 0 Å². The summed E-state index contributed by atoms with van der Waals surface area (Å²) in [5.74, 6) is 0.338. The summed E-state index contributed by atoms with van der Waals surface area (Å²) in [6.07, 6.45) is -4.18. The fourth-order valence-electron chi connectivity index (χ4n) is 1.95. The second-order valence-corrected chi connectivity index (χ2v) is 4.36. The van der Waals surface area contributed by atoms with Crippen LogP contribution in [-0.4, -0.2) is 65.9 Å². The summed E-state index contributed by atoms with van der Waals surface area (Å²) < 4.78 is 41.8. The van der Waals surface area contributed by atoms with Crippen LogP contribution < -0.4 is 15.4 Å². The minimum atomic E-state index is -4.18. The number of alkyl halides is 3. The van der Waals surface area contributed by atoms with Crippen LogP contribution in [0.15, 0.2) is 0 Å². The molecule has 20 heavy (non-hydrogen) atoms. The minimum Gasteiger partial charge on any atom is -0.467 e. The number of anilines is 2. The third kappa shape index (κ3) is 3.83. The van der Waals surface area contributed by atoms with Crippen LogP contribution in [-0.2, 0) is 0 Å². The maximum Gasteiger partial charge on any atom is 0.401 e. The average molecular weight is 292 g/mol. The first-order chi connectivity index (χ1) is 9.37. The van der Waals surface area contributed by atoms with Crippen molar-refractivity contribution in [2.45, 2.75) is 6.18 Å². The molecule has 0 aromatic carbocycles. The highest BCUT2D eigenvalue weighted by Crippen LogP contribution is 2.19. The fourth-order valence-corrected chi connectivity index (χ4v) is 1.95. The van der Waals surface area contributed by atoms with E-state index in [0.717, 1.165) is 0 Å². The van der Waals surface area contributed by atoms with E-state index in [-0.39, 0.29) is 25.0 Å². The van der Waals surface area contributed by atoms with E-state index in [0.29, 0.717) is 19.0 Å². The number of aromatic nitrogens is 3. The Morgan fingerprint density at radius 2 is 1.80 bits per heavy atom. The second kappa shape index (κ2) is 5.65. The molecule has 0 saturated carbocycles. The molecule has 2 rings (SSSR count). The van der Waals surface area contributed by atoms with Gasteiger partial charge in [-0.05, 0) is 0 Å². The molecule has 1 aliphatic rings. The van der Waals surface area contributed by atoms with Crippen LogP contribution in [0.4, 0.5) is 25.1 Å². The van der Waals surface area contributed by atoms with E-state index in [1.807, 2.05) is 0 Å². The number of nitrogen functional groups attached to an aromatic ring is 1. The molecule has 1 saturated heterocycles. The minimum absolute atomic E-state index is 0.0181. The zero-order valence-electron chi connectivity index (χ0n) is 10.9. The summed E-state index contributed by atoms with van der Waals surface area (Å²) in [5.41, 5.74) is 5.52. The van der Waals surface area contributed by atoms with Crippen molar-refractivity contribution in [3.8, 4) is 6.01 Å². The van der Waals surface area contributed by atoms with Crippen LogP contribution >= 0.6 is 0 Å². The van der Waals surface area contributed by atoms with Crippen LogP contribution in [0.25, 0.3) is 0 Å². The molecule has 0 unspecified atom stereocenters. The molecule has 1 aromatic heterocycles. The van der Waals surface area contributed by atoms with Crippen molar-refractivity contribution in [3.63, 3.8) is 0 Å². The van der Waals surface area contributed by atoms with E-state index in [1.54, 1.807) is 4.90 Å². The molecule has 7 nitrogen and oxygen atoms in total. The Morgan fingerprint density at radius 1 is 1.15 bits per heavy atom. The molecule has 1 aliphatic heterocycles. The number of rotatable bonds is 3. The van der Waals surface area contributed by atoms with Crippen molar-refractivity contribution in [3.05, 3.63) is 0 Å². The summed E-state index contributed by atoms with van der Waals surface area (Å²) in [6.45, 7) is 0.454. The van der Waals surface area contributed by atoms with Gasteiger partial charge < -0.3 is 15.4 Å². The predicted molar refractivity (Wildman–Crippen MR) is 65.5 cm³/mol. The molecular formula is C10H15F3N6O. The van der Waals surface area contributed by atoms with Crippen molar-refractivity contribution in [2.75, 3.05) is 50.5 Å². The van der Waals surface area contributed by atoms with Crippen molar-refractivity contribution >= 4 is 11.9 Å². The molecule has 1 aromatic rings. The maximum atomic E-state index is 12.3. The first kappa shape index (κ1) is 14.6. The quantitative estimate of drug-likeness (QED) is 0.849. The number of ether oxygens (including phenoxy) is 1. The predicted octanol–water partition coefficient (Wildman–Crippen LogP) is 0.147. The molecule has 0 spiro atoms. The van der Waals surface area contributed by atoms with Crippen molar-refractivity contribution in [2.24, 2.45) is 0 Å². The Balaban J connectivity index is 1.98. The molecule has 2 N–H and O–H groups in total. The lowest BCUT2D eigenvalue weighted by Crippen LogP contribution is -2.49. The first-order valence-electron chi connectivity index (χ1n) is 5.97. The molecule has 2 heterocycles. The summed E-state index contributed by atoms with van der Waals surface area (Å²) in [5, 5.41) is 0. The lowest BCUT2D eigenvalue weighted by Gasteiger charge is -2.34. The molecule has 0 bridgehead atoms. The fraction of sp³-hybridized carbons (Fsp3) is 0.700. The molecular weight excluding hydrogens is 277 g/mol. The van der Waals surface area contributed by atoms with E-state index in [1.165, 1.54) is 12.0 Å². The number of hydrogen-bond donors (Lipinski definition) is 1. The Bertz CT molecular complexity index is 461. The highest BCUT2D eigenvalue weighted by Gasteiger charge is 2.32. The lowest BCUT2D eigenvalue weighted by molar-refractivity contribution is -0.146. The van der Waals surface area contributed by atoms with Gasteiger partial charge in [-0.15, -0.1) is 0 Å². The standard InChI is InChI=1S/C10H15F3N6O/c1-20-9-16-7(14)15-8(17-9)19-4-2-18(3-5-19)6-10(11,12)13/h2-6H2,1H3,(H2,14,15,16,17). The molecule has 0 atom stereocenters. The average Bonchev–Trinajstić information content (AvgIpc) is 2.37. The van der Waals surface area contributed by atoms with Gasteiger partial charge in [-0.3, -0.25) is 4.90 Å². The lowest BCUT2D eigenvalue weighted by atomic mass is 10.3. The number of methoxy groups -OCH3 is 1. The Hall–Kier alpha value is -1.84. The Morgan fingerprint density at radius 3 is 2.35 bits per heavy atom. The van der Waals surface area contributed by atoms with Crippen LogP contribution in [0.2, 0.25) is 0 Å². The van der Waals surface area contributed by atoms with Crippen molar-refractivity contribution in [1.29, 1.82) is 0 Å². The largest absolute Gasteiger partial charge is 0.467 e. The van der Waals surface area contributed by atoms with Crippen LogP contribution in [0, 0.1) is 0 Å². The van der Waals surface area contributed by atoms with Gasteiger partial charge in [0.05, 0.1) is 13.7 Å². The van der Waals surface area contributed by atoms with E-state index in [9.17, 15) is 13.2 Å². The smallest absolute Gasteiger partial charge is 0.401 e. The Kier molecular flexibility index (Phi) is 4.12. The maximum absolute atomic E-state index is 12.3. The second-order valence-electron chi connectivity index (χ2n) is 4.36. The summed E-state index contributed by atoms with van der Waals surface area (Å²) in [4.78, 5) is 14.9. The van der Waals surface area contributed by atoms with E-state index < -0.39 is 12.7 Å². The van der Waals surface area contributed by atoms with Gasteiger partial charge in [-0.25, -0.2) is 0 Å². The molecule has 10 heteroatoms. The molecule has 112 valence electrons. The van der Waals surface area contributed by atoms with Crippen molar-refractivity contribution < 1.29 is 17.9 Å². The topological polar surface area (TPSA) is 80.4 Å². The molecule has 0 aliphatic carbocycles. The van der Waals surface area contributed by atoms with Crippen molar-refractivity contribution in [1.82, 2.24) is 19.9 Å². The first-order valence-corrected chi connectivity index (χ1v) is 5.97. The van der Waals surface area contributed by atoms with Gasteiger partial charge in [0, 0.05) is 26.2 Å². The third-order valence-corrected chi connectivity index (χ3v) is 2.86. The number of nitrogens with two attached hydrogens (primary N) is 1. The highest BCUT2D eigenvalue weighted by atomic mass is 19.4. The highest BCUT2D eigenvalue weighted by molar-refractivity contribution is 5.36. The summed E-state index contributed by atoms with van der Waals surface area (Å²) in [7, 11) is 1.40.